The molecule has 6 nitrogen and oxygen atoms in total. The fourth-order valence-electron chi connectivity index (χ4n) is 4.01. The number of aromatic nitrogens is 4. The Labute approximate surface area is 181 Å². The summed E-state index contributed by atoms with van der Waals surface area (Å²) in [5, 5.41) is 3.03. The number of pyridine rings is 1. The number of hydrogen-bond acceptors (Lipinski definition) is 3. The summed E-state index contributed by atoms with van der Waals surface area (Å²) in [4.78, 5) is 16.7. The normalized spacial score (nSPS) is 13.5. The van der Waals surface area contributed by atoms with Crippen LogP contribution >= 0.6 is 0 Å². The maximum absolute atomic E-state index is 12.3. The molecule has 31 heavy (non-hydrogen) atoms. The highest BCUT2D eigenvalue weighted by Gasteiger charge is 2.28. The van der Waals surface area contributed by atoms with Gasteiger partial charge in [0.2, 0.25) is 0 Å². The second kappa shape index (κ2) is 7.61. The standard InChI is InChI=1S/C25H26N4O2/c1-16-13-19(20-8-7-17(2)26-14-20)11-12-24(16)31-15-22-21(18-9-10-18)5-4-6-23(22)29-25(30)28(3)27-29/h4-8,11-14,18,27H,9-10,15H2,1-3H3. The first kappa shape index (κ1) is 19.4. The largest absolute Gasteiger partial charge is 0.489 e. The Kier molecular flexibility index (Phi) is 4.77. The molecule has 1 N–H and O–H groups in total. The number of benzene rings is 2. The summed E-state index contributed by atoms with van der Waals surface area (Å²) in [7, 11) is 1.72. The van der Waals surface area contributed by atoms with Gasteiger partial charge in [0.1, 0.15) is 12.4 Å². The third kappa shape index (κ3) is 3.69. The van der Waals surface area contributed by atoms with E-state index in [4.69, 9.17) is 4.74 Å². The lowest BCUT2D eigenvalue weighted by Gasteiger charge is -2.20. The highest BCUT2D eigenvalue weighted by Crippen LogP contribution is 2.43. The lowest BCUT2D eigenvalue weighted by atomic mass is 10.0. The minimum Gasteiger partial charge on any atom is -0.489 e. The quantitative estimate of drug-likeness (QED) is 0.500. The molecular weight excluding hydrogens is 388 g/mol. The van der Waals surface area contributed by atoms with E-state index in [0.29, 0.717) is 12.5 Å². The molecule has 1 fully saturated rings. The highest BCUT2D eigenvalue weighted by molar-refractivity contribution is 5.65. The van der Waals surface area contributed by atoms with Crippen LogP contribution < -0.4 is 10.4 Å². The molecule has 158 valence electrons. The SMILES string of the molecule is Cc1ccc(-c2ccc(OCc3c(C4CC4)cccc3-n3[nH]n(C)c3=O)c(C)c2)cn1. The van der Waals surface area contributed by atoms with Gasteiger partial charge >= 0.3 is 5.69 Å². The van der Waals surface area contributed by atoms with Crippen molar-refractivity contribution in [1.29, 1.82) is 0 Å². The van der Waals surface area contributed by atoms with E-state index in [1.54, 1.807) is 11.7 Å². The molecule has 6 heteroatoms. The lowest BCUT2D eigenvalue weighted by Crippen LogP contribution is -2.40. The van der Waals surface area contributed by atoms with Gasteiger partial charge in [-0.15, -0.1) is 0 Å². The lowest BCUT2D eigenvalue weighted by molar-refractivity contribution is 0.301. The summed E-state index contributed by atoms with van der Waals surface area (Å²) in [6.07, 6.45) is 4.28. The van der Waals surface area contributed by atoms with E-state index >= 15 is 0 Å². The van der Waals surface area contributed by atoms with Crippen LogP contribution in [0.2, 0.25) is 0 Å². The summed E-state index contributed by atoms with van der Waals surface area (Å²) < 4.78 is 9.34. The molecule has 1 aliphatic rings. The first-order chi connectivity index (χ1) is 15.0. The van der Waals surface area contributed by atoms with E-state index in [0.717, 1.165) is 39.4 Å². The number of rotatable bonds is 6. The molecule has 2 aromatic heterocycles. The minimum absolute atomic E-state index is 0.0681. The number of aryl methyl sites for hydroxylation is 3. The van der Waals surface area contributed by atoms with Gasteiger partial charge in [-0.2, -0.15) is 4.68 Å². The predicted octanol–water partition coefficient (Wildman–Crippen LogP) is 4.64. The number of nitrogens with zero attached hydrogens (tertiary/aromatic N) is 3. The van der Waals surface area contributed by atoms with Crippen LogP contribution in [-0.2, 0) is 13.7 Å². The first-order valence-corrected chi connectivity index (χ1v) is 10.6. The van der Waals surface area contributed by atoms with E-state index in [9.17, 15) is 4.79 Å². The van der Waals surface area contributed by atoms with Gasteiger partial charge in [0.05, 0.1) is 5.69 Å². The van der Waals surface area contributed by atoms with E-state index in [-0.39, 0.29) is 5.69 Å². The Hall–Kier alpha value is -3.54. The molecule has 0 atom stereocenters. The van der Waals surface area contributed by atoms with Crippen LogP contribution in [0.25, 0.3) is 16.8 Å². The van der Waals surface area contributed by atoms with E-state index in [2.05, 4.69) is 41.4 Å². The van der Waals surface area contributed by atoms with Gasteiger partial charge < -0.3 is 4.74 Å². The van der Waals surface area contributed by atoms with Crippen molar-refractivity contribution in [1.82, 2.24) is 19.6 Å². The summed E-state index contributed by atoms with van der Waals surface area (Å²) in [6, 6.07) is 16.5. The topological polar surface area (TPSA) is 64.8 Å². The maximum Gasteiger partial charge on any atom is 0.364 e. The van der Waals surface area contributed by atoms with Crippen LogP contribution in [0.1, 0.15) is 41.1 Å². The fraction of sp³-hybridized carbons (Fsp3) is 0.280. The van der Waals surface area contributed by atoms with Crippen molar-refractivity contribution < 1.29 is 4.74 Å². The third-order valence-corrected chi connectivity index (χ3v) is 5.97. The van der Waals surface area contributed by atoms with Gasteiger partial charge in [0.25, 0.3) is 0 Å². The summed E-state index contributed by atoms with van der Waals surface area (Å²) in [5.74, 6) is 1.41. The van der Waals surface area contributed by atoms with Gasteiger partial charge in [-0.3, -0.25) is 4.98 Å². The van der Waals surface area contributed by atoms with Gasteiger partial charge in [-0.25, -0.2) is 14.7 Å². The minimum atomic E-state index is -0.0681. The van der Waals surface area contributed by atoms with Crippen molar-refractivity contribution in [2.45, 2.75) is 39.2 Å². The zero-order chi connectivity index (χ0) is 21.5. The summed E-state index contributed by atoms with van der Waals surface area (Å²) in [6.45, 7) is 4.47. The van der Waals surface area contributed by atoms with Crippen molar-refractivity contribution in [2.75, 3.05) is 0 Å². The summed E-state index contributed by atoms with van der Waals surface area (Å²) >= 11 is 0. The molecule has 1 saturated carbocycles. The molecular formula is C25H26N4O2. The van der Waals surface area contributed by atoms with Crippen LogP contribution in [0.3, 0.4) is 0 Å². The van der Waals surface area contributed by atoms with Crippen LogP contribution in [0.4, 0.5) is 0 Å². The van der Waals surface area contributed by atoms with Crippen molar-refractivity contribution in [3.63, 3.8) is 0 Å². The van der Waals surface area contributed by atoms with Gasteiger partial charge in [0.15, 0.2) is 0 Å². The number of H-pyrrole nitrogens is 1. The Morgan fingerprint density at radius 3 is 2.55 bits per heavy atom. The zero-order valence-corrected chi connectivity index (χ0v) is 18.1. The van der Waals surface area contributed by atoms with Gasteiger partial charge in [0, 0.05) is 30.1 Å². The Morgan fingerprint density at radius 2 is 1.90 bits per heavy atom. The van der Waals surface area contributed by atoms with Crippen molar-refractivity contribution in [2.24, 2.45) is 7.05 Å². The van der Waals surface area contributed by atoms with Gasteiger partial charge in [-0.1, -0.05) is 24.3 Å². The number of ether oxygens (including phenoxy) is 1. The van der Waals surface area contributed by atoms with Crippen molar-refractivity contribution in [3.05, 3.63) is 87.6 Å². The molecule has 0 saturated heterocycles. The van der Waals surface area contributed by atoms with Crippen LogP contribution in [0.5, 0.6) is 5.75 Å². The van der Waals surface area contributed by atoms with Crippen molar-refractivity contribution >= 4 is 0 Å². The Morgan fingerprint density at radius 1 is 1.10 bits per heavy atom. The molecule has 5 rings (SSSR count). The van der Waals surface area contributed by atoms with Crippen molar-refractivity contribution in [3.8, 4) is 22.6 Å². The second-order valence-corrected chi connectivity index (χ2v) is 8.35. The molecule has 2 aromatic carbocycles. The smallest absolute Gasteiger partial charge is 0.364 e. The molecule has 0 aliphatic heterocycles. The monoisotopic (exact) mass is 414 g/mol. The third-order valence-electron chi connectivity index (χ3n) is 5.97. The summed E-state index contributed by atoms with van der Waals surface area (Å²) in [5.41, 5.74) is 7.44. The molecule has 2 heterocycles. The molecule has 0 bridgehead atoms. The average molecular weight is 415 g/mol. The fourth-order valence-corrected chi connectivity index (χ4v) is 4.01. The number of aromatic amines is 1. The van der Waals surface area contributed by atoms with Crippen LogP contribution in [0.15, 0.2) is 59.5 Å². The maximum atomic E-state index is 12.3. The van der Waals surface area contributed by atoms with E-state index in [1.165, 1.54) is 23.1 Å². The van der Waals surface area contributed by atoms with Crippen LogP contribution in [-0.4, -0.2) is 19.6 Å². The zero-order valence-electron chi connectivity index (χ0n) is 18.1. The number of nitrogens with one attached hydrogen (secondary N) is 1. The molecule has 0 radical (unpaired) electrons. The Balaban J connectivity index is 1.43. The first-order valence-electron chi connectivity index (χ1n) is 10.6. The van der Waals surface area contributed by atoms with Crippen LogP contribution in [0, 0.1) is 13.8 Å². The van der Waals surface area contributed by atoms with E-state index in [1.807, 2.05) is 37.4 Å². The second-order valence-electron chi connectivity index (χ2n) is 8.35. The highest BCUT2D eigenvalue weighted by atomic mass is 16.5. The predicted molar refractivity (Wildman–Crippen MR) is 121 cm³/mol. The molecule has 0 spiro atoms. The number of hydrogen-bond donors (Lipinski definition) is 1. The molecule has 4 aromatic rings. The van der Waals surface area contributed by atoms with E-state index < -0.39 is 0 Å². The van der Waals surface area contributed by atoms with Gasteiger partial charge in [-0.05, 0) is 73.6 Å². The molecule has 0 amide bonds. The molecule has 1 aliphatic carbocycles. The molecule has 0 unspecified atom stereocenters. The average Bonchev–Trinajstić information content (AvgIpc) is 3.62. The Bertz CT molecular complexity index is 1290.